The Hall–Kier alpha value is -3.55. The molecule has 1 aliphatic heterocycles. The minimum absolute atomic E-state index is 0.0852. The molecule has 2 N–H and O–H groups in total. The van der Waals surface area contributed by atoms with Crippen LogP contribution >= 0.6 is 0 Å². The number of ketones is 1. The molecule has 3 amide bonds. The molecular formula is C22H25N3O5. The Balaban J connectivity index is 1.70. The van der Waals surface area contributed by atoms with Crippen molar-refractivity contribution >= 4 is 29.1 Å². The maximum absolute atomic E-state index is 12.9. The van der Waals surface area contributed by atoms with Gasteiger partial charge in [0.1, 0.15) is 17.5 Å². The summed E-state index contributed by atoms with van der Waals surface area (Å²) < 4.78 is 10.5. The number of methoxy groups -OCH3 is 2. The Morgan fingerprint density at radius 3 is 2.53 bits per heavy atom. The lowest BCUT2D eigenvalue weighted by Gasteiger charge is -2.24. The molecule has 2 aromatic carbocycles. The number of nitrogens with one attached hydrogen (secondary N) is 2. The van der Waals surface area contributed by atoms with Crippen molar-refractivity contribution in [1.29, 1.82) is 0 Å². The Morgan fingerprint density at radius 1 is 1.03 bits per heavy atom. The number of likely N-dealkylation sites (tertiary alicyclic amines) is 1. The predicted molar refractivity (Wildman–Crippen MR) is 113 cm³/mol. The van der Waals surface area contributed by atoms with Gasteiger partial charge < -0.3 is 25.0 Å². The quantitative estimate of drug-likeness (QED) is 0.709. The number of carbonyl (C=O) groups is 3. The number of hydrogen-bond acceptors (Lipinski definition) is 5. The molecule has 0 bridgehead atoms. The van der Waals surface area contributed by atoms with Gasteiger partial charge in [-0.3, -0.25) is 9.59 Å². The van der Waals surface area contributed by atoms with Crippen molar-refractivity contribution in [2.45, 2.75) is 25.8 Å². The zero-order chi connectivity index (χ0) is 21.7. The van der Waals surface area contributed by atoms with E-state index in [0.29, 0.717) is 41.4 Å². The van der Waals surface area contributed by atoms with E-state index in [-0.39, 0.29) is 17.7 Å². The van der Waals surface area contributed by atoms with E-state index in [1.54, 1.807) is 49.6 Å². The van der Waals surface area contributed by atoms with Gasteiger partial charge in [0.15, 0.2) is 5.78 Å². The number of urea groups is 1. The maximum atomic E-state index is 12.9. The van der Waals surface area contributed by atoms with E-state index in [9.17, 15) is 14.4 Å². The van der Waals surface area contributed by atoms with Gasteiger partial charge in [0, 0.05) is 23.9 Å². The number of carbonyl (C=O) groups excluding carboxylic acids is 3. The molecule has 0 spiro atoms. The third-order valence-electron chi connectivity index (χ3n) is 5.00. The molecule has 158 valence electrons. The first-order valence-corrected chi connectivity index (χ1v) is 9.64. The highest BCUT2D eigenvalue weighted by molar-refractivity contribution is 6.01. The first-order valence-electron chi connectivity index (χ1n) is 9.64. The topological polar surface area (TPSA) is 97.0 Å². The normalized spacial score (nSPS) is 15.4. The largest absolute Gasteiger partial charge is 0.497 e. The van der Waals surface area contributed by atoms with Gasteiger partial charge in [-0.2, -0.15) is 0 Å². The minimum Gasteiger partial charge on any atom is -0.497 e. The van der Waals surface area contributed by atoms with Crippen molar-refractivity contribution < 1.29 is 23.9 Å². The molecule has 0 aromatic heterocycles. The van der Waals surface area contributed by atoms with E-state index in [1.165, 1.54) is 18.9 Å². The van der Waals surface area contributed by atoms with Crippen LogP contribution in [0.2, 0.25) is 0 Å². The highest BCUT2D eigenvalue weighted by atomic mass is 16.5. The summed E-state index contributed by atoms with van der Waals surface area (Å²) in [5, 5.41) is 5.62. The molecule has 0 aliphatic carbocycles. The smallest absolute Gasteiger partial charge is 0.322 e. The highest BCUT2D eigenvalue weighted by Crippen LogP contribution is 2.30. The molecule has 1 fully saturated rings. The summed E-state index contributed by atoms with van der Waals surface area (Å²) in [5.41, 5.74) is 1.52. The summed E-state index contributed by atoms with van der Waals surface area (Å²) >= 11 is 0. The summed E-state index contributed by atoms with van der Waals surface area (Å²) in [6.45, 7) is 1.94. The van der Waals surface area contributed by atoms with Gasteiger partial charge >= 0.3 is 6.03 Å². The first-order chi connectivity index (χ1) is 14.4. The second kappa shape index (κ2) is 9.30. The van der Waals surface area contributed by atoms with Gasteiger partial charge in [-0.1, -0.05) is 12.1 Å². The number of anilines is 2. The molecule has 0 unspecified atom stereocenters. The lowest BCUT2D eigenvalue weighted by atomic mass is 10.1. The molecule has 30 heavy (non-hydrogen) atoms. The van der Waals surface area contributed by atoms with Crippen LogP contribution in [0.4, 0.5) is 16.2 Å². The summed E-state index contributed by atoms with van der Waals surface area (Å²) in [6.07, 6.45) is 1.28. The molecule has 3 rings (SSSR count). The van der Waals surface area contributed by atoms with Crippen LogP contribution in [0.1, 0.15) is 30.1 Å². The molecule has 1 atom stereocenters. The Bertz CT molecular complexity index is 960. The van der Waals surface area contributed by atoms with Gasteiger partial charge in [0.25, 0.3) is 0 Å². The van der Waals surface area contributed by atoms with Crippen molar-refractivity contribution in [1.82, 2.24) is 4.90 Å². The van der Waals surface area contributed by atoms with Crippen LogP contribution in [-0.2, 0) is 4.79 Å². The number of amides is 3. The van der Waals surface area contributed by atoms with Gasteiger partial charge in [-0.25, -0.2) is 4.79 Å². The fourth-order valence-electron chi connectivity index (χ4n) is 3.41. The van der Waals surface area contributed by atoms with E-state index in [2.05, 4.69) is 10.6 Å². The van der Waals surface area contributed by atoms with E-state index in [4.69, 9.17) is 9.47 Å². The summed E-state index contributed by atoms with van der Waals surface area (Å²) in [6, 6.07) is 10.8. The van der Waals surface area contributed by atoms with Crippen molar-refractivity contribution in [3.63, 3.8) is 0 Å². The Labute approximate surface area is 175 Å². The zero-order valence-corrected chi connectivity index (χ0v) is 17.2. The molecule has 2 aromatic rings. The van der Waals surface area contributed by atoms with Crippen LogP contribution < -0.4 is 20.1 Å². The van der Waals surface area contributed by atoms with Crippen LogP contribution in [0.15, 0.2) is 42.5 Å². The summed E-state index contributed by atoms with van der Waals surface area (Å²) in [7, 11) is 3.06. The van der Waals surface area contributed by atoms with Crippen molar-refractivity contribution in [3.05, 3.63) is 48.0 Å². The van der Waals surface area contributed by atoms with Crippen LogP contribution in [0, 0.1) is 0 Å². The first kappa shape index (κ1) is 21.2. The molecule has 8 heteroatoms. The molecule has 8 nitrogen and oxygen atoms in total. The molecule has 0 radical (unpaired) electrons. The Kier molecular flexibility index (Phi) is 6.56. The van der Waals surface area contributed by atoms with Crippen molar-refractivity contribution in [2.24, 2.45) is 0 Å². The third kappa shape index (κ3) is 4.71. The minimum atomic E-state index is -0.604. The number of ether oxygens (including phenoxy) is 2. The van der Waals surface area contributed by atoms with E-state index in [1.807, 2.05) is 0 Å². The highest BCUT2D eigenvalue weighted by Gasteiger charge is 2.34. The molecule has 1 aliphatic rings. The molecular weight excluding hydrogens is 386 g/mol. The zero-order valence-electron chi connectivity index (χ0n) is 17.2. The van der Waals surface area contributed by atoms with Crippen LogP contribution in [0.25, 0.3) is 0 Å². The van der Waals surface area contributed by atoms with Crippen LogP contribution in [0.5, 0.6) is 11.5 Å². The van der Waals surface area contributed by atoms with E-state index < -0.39 is 6.04 Å². The Morgan fingerprint density at radius 2 is 1.83 bits per heavy atom. The van der Waals surface area contributed by atoms with Crippen LogP contribution in [0.3, 0.4) is 0 Å². The number of Topliss-reactive ketones (excluding diaryl/α,β-unsaturated/α-hetero) is 1. The fourth-order valence-corrected chi connectivity index (χ4v) is 3.41. The third-order valence-corrected chi connectivity index (χ3v) is 5.00. The number of benzene rings is 2. The molecule has 0 saturated carbocycles. The van der Waals surface area contributed by atoms with Gasteiger partial charge in [-0.05, 0) is 44.0 Å². The number of hydrogen-bond donors (Lipinski definition) is 2. The van der Waals surface area contributed by atoms with Gasteiger partial charge in [0.2, 0.25) is 5.91 Å². The van der Waals surface area contributed by atoms with Crippen molar-refractivity contribution in [2.75, 3.05) is 31.4 Å². The maximum Gasteiger partial charge on any atom is 0.322 e. The van der Waals surface area contributed by atoms with Gasteiger partial charge in [-0.15, -0.1) is 0 Å². The van der Waals surface area contributed by atoms with Crippen LogP contribution in [-0.4, -0.2) is 49.4 Å². The standard InChI is InChI=1S/C22H25N3O5/c1-14(26)15-6-4-7-16(12-15)23-22(28)25-11-5-8-19(25)21(27)24-18-10-9-17(29-2)13-20(18)30-3/h4,6-7,9-10,12-13,19H,5,8,11H2,1-3H3,(H,23,28)(H,24,27)/t19-/m1/s1. The predicted octanol–water partition coefficient (Wildman–Crippen LogP) is 3.54. The second-order valence-electron chi connectivity index (χ2n) is 6.97. The van der Waals surface area contributed by atoms with Crippen molar-refractivity contribution in [3.8, 4) is 11.5 Å². The summed E-state index contributed by atoms with van der Waals surface area (Å²) in [5.74, 6) is 0.707. The average molecular weight is 411 g/mol. The second-order valence-corrected chi connectivity index (χ2v) is 6.97. The molecule has 1 saturated heterocycles. The lowest BCUT2D eigenvalue weighted by molar-refractivity contribution is -0.119. The number of nitrogens with zero attached hydrogens (tertiary/aromatic N) is 1. The summed E-state index contributed by atoms with van der Waals surface area (Å²) in [4.78, 5) is 38.7. The van der Waals surface area contributed by atoms with Gasteiger partial charge in [0.05, 0.1) is 19.9 Å². The lowest BCUT2D eigenvalue weighted by Crippen LogP contribution is -2.45. The van der Waals surface area contributed by atoms with E-state index in [0.717, 1.165) is 6.42 Å². The number of rotatable bonds is 6. The fraction of sp³-hybridized carbons (Fsp3) is 0.318. The van der Waals surface area contributed by atoms with E-state index >= 15 is 0 Å². The monoisotopic (exact) mass is 411 g/mol. The molecule has 1 heterocycles. The SMILES string of the molecule is COc1ccc(NC(=O)[C@H]2CCCN2C(=O)Nc2cccc(C(C)=O)c2)c(OC)c1. The average Bonchev–Trinajstić information content (AvgIpc) is 3.24.